The van der Waals surface area contributed by atoms with Gasteiger partial charge in [0.15, 0.2) is 0 Å². The molecule has 88 valence electrons. The largest absolute Gasteiger partial charge is 0.399 e. The van der Waals surface area contributed by atoms with Gasteiger partial charge in [-0.05, 0) is 31.2 Å². The molecule has 0 aromatic heterocycles. The fraction of sp³-hybridized carbons (Fsp3) is 0.538. The van der Waals surface area contributed by atoms with E-state index in [1.165, 1.54) is 12.2 Å². The van der Waals surface area contributed by atoms with Gasteiger partial charge in [-0.3, -0.25) is 0 Å². The first kappa shape index (κ1) is 11.3. The predicted molar refractivity (Wildman–Crippen MR) is 69.5 cm³/mol. The van der Waals surface area contributed by atoms with Crippen molar-refractivity contribution < 1.29 is 4.48 Å². The van der Waals surface area contributed by atoms with Crippen LogP contribution in [-0.4, -0.2) is 44.3 Å². The van der Waals surface area contributed by atoms with Gasteiger partial charge in [0.05, 0.1) is 33.7 Å². The van der Waals surface area contributed by atoms with E-state index in [2.05, 4.69) is 38.1 Å². The summed E-state index contributed by atoms with van der Waals surface area (Å²) in [7, 11) is 4.62. The molecule has 0 amide bonds. The highest BCUT2D eigenvalue weighted by atomic mass is 15.4. The predicted octanol–water partition coefficient (Wildman–Crippen LogP) is 1.55. The average molecular weight is 220 g/mol. The standard InChI is InChI=1S/C13H22N3/c1-11-10-15(8-9-16(11,2)3)13-6-4-12(14)5-7-13/h4-7,11H,8-10,14H2,1-3H3/q+1/t11-/m0/s1. The van der Waals surface area contributed by atoms with Gasteiger partial charge in [-0.1, -0.05) is 0 Å². The van der Waals surface area contributed by atoms with Crippen LogP contribution in [0, 0.1) is 0 Å². The number of nitrogens with zero attached hydrogens (tertiary/aromatic N) is 2. The minimum atomic E-state index is 0.673. The van der Waals surface area contributed by atoms with Crippen molar-refractivity contribution >= 4 is 11.4 Å². The zero-order valence-corrected chi connectivity index (χ0v) is 10.5. The number of nitrogen functional groups attached to an aromatic ring is 1. The molecule has 0 spiro atoms. The molecule has 1 heterocycles. The fourth-order valence-corrected chi connectivity index (χ4v) is 2.15. The second-order valence-corrected chi connectivity index (χ2v) is 5.39. The Kier molecular flexibility index (Phi) is 2.80. The minimum absolute atomic E-state index is 0.673. The first-order chi connectivity index (χ1) is 7.49. The molecule has 1 atom stereocenters. The molecule has 3 nitrogen and oxygen atoms in total. The molecule has 1 saturated heterocycles. The summed E-state index contributed by atoms with van der Waals surface area (Å²) in [5.74, 6) is 0. The van der Waals surface area contributed by atoms with Crippen molar-refractivity contribution in [3.8, 4) is 0 Å². The molecular weight excluding hydrogens is 198 g/mol. The molecule has 1 aromatic carbocycles. The number of nitrogens with two attached hydrogens (primary N) is 1. The van der Waals surface area contributed by atoms with Gasteiger partial charge in [0, 0.05) is 11.4 Å². The molecule has 0 saturated carbocycles. The van der Waals surface area contributed by atoms with Crippen molar-refractivity contribution in [2.45, 2.75) is 13.0 Å². The minimum Gasteiger partial charge on any atom is -0.399 e. The van der Waals surface area contributed by atoms with E-state index in [9.17, 15) is 0 Å². The Morgan fingerprint density at radius 3 is 2.44 bits per heavy atom. The molecule has 1 aromatic rings. The molecule has 1 aliphatic heterocycles. The lowest BCUT2D eigenvalue weighted by Crippen LogP contribution is -2.60. The van der Waals surface area contributed by atoms with Crippen LogP contribution in [0.1, 0.15) is 6.92 Å². The topological polar surface area (TPSA) is 29.3 Å². The summed E-state index contributed by atoms with van der Waals surface area (Å²) in [5.41, 5.74) is 7.84. The van der Waals surface area contributed by atoms with E-state index in [0.717, 1.165) is 23.3 Å². The third-order valence-electron chi connectivity index (χ3n) is 3.88. The molecule has 3 heteroatoms. The van der Waals surface area contributed by atoms with Crippen molar-refractivity contribution in [1.82, 2.24) is 0 Å². The molecule has 16 heavy (non-hydrogen) atoms. The van der Waals surface area contributed by atoms with E-state index in [0.29, 0.717) is 6.04 Å². The number of rotatable bonds is 1. The Hall–Kier alpha value is -1.22. The maximum atomic E-state index is 5.70. The SMILES string of the molecule is C[C@H]1CN(c2ccc(N)cc2)CC[N+]1(C)C. The summed E-state index contributed by atoms with van der Waals surface area (Å²) >= 11 is 0. The van der Waals surface area contributed by atoms with Crippen LogP contribution in [-0.2, 0) is 0 Å². The first-order valence-electron chi connectivity index (χ1n) is 5.92. The number of hydrogen-bond donors (Lipinski definition) is 1. The molecule has 0 bridgehead atoms. The highest BCUT2D eigenvalue weighted by Gasteiger charge is 2.31. The number of benzene rings is 1. The maximum absolute atomic E-state index is 5.70. The third-order valence-corrected chi connectivity index (χ3v) is 3.88. The molecule has 0 radical (unpaired) electrons. The Morgan fingerprint density at radius 2 is 1.88 bits per heavy atom. The number of hydrogen-bond acceptors (Lipinski definition) is 2. The number of likely N-dealkylation sites (N-methyl/N-ethyl adjacent to an activating group) is 1. The summed E-state index contributed by atoms with van der Waals surface area (Å²) in [6, 6.07) is 8.87. The zero-order chi connectivity index (χ0) is 11.8. The van der Waals surface area contributed by atoms with E-state index >= 15 is 0 Å². The second-order valence-electron chi connectivity index (χ2n) is 5.39. The lowest BCUT2D eigenvalue weighted by Gasteiger charge is -2.45. The van der Waals surface area contributed by atoms with Crippen LogP contribution >= 0.6 is 0 Å². The molecule has 1 fully saturated rings. The monoisotopic (exact) mass is 220 g/mol. The van der Waals surface area contributed by atoms with Gasteiger partial charge in [0.2, 0.25) is 0 Å². The second kappa shape index (κ2) is 3.98. The summed E-state index contributed by atoms with van der Waals surface area (Å²) in [4.78, 5) is 2.45. The van der Waals surface area contributed by atoms with Crippen LogP contribution in [0.5, 0.6) is 0 Å². The van der Waals surface area contributed by atoms with Crippen molar-refractivity contribution in [3.05, 3.63) is 24.3 Å². The summed E-state index contributed by atoms with van der Waals surface area (Å²) in [6.07, 6.45) is 0. The van der Waals surface area contributed by atoms with Gasteiger partial charge in [-0.2, -0.15) is 0 Å². The van der Waals surface area contributed by atoms with Crippen molar-refractivity contribution in [2.24, 2.45) is 0 Å². The van der Waals surface area contributed by atoms with Gasteiger partial charge < -0.3 is 15.1 Å². The number of anilines is 2. The molecule has 1 aliphatic rings. The smallest absolute Gasteiger partial charge is 0.104 e. The maximum Gasteiger partial charge on any atom is 0.104 e. The van der Waals surface area contributed by atoms with E-state index in [1.807, 2.05) is 12.1 Å². The van der Waals surface area contributed by atoms with Gasteiger partial charge in [0.25, 0.3) is 0 Å². The van der Waals surface area contributed by atoms with E-state index in [4.69, 9.17) is 5.73 Å². The molecular formula is C13H22N3+. The first-order valence-corrected chi connectivity index (χ1v) is 5.92. The van der Waals surface area contributed by atoms with Gasteiger partial charge in [-0.15, -0.1) is 0 Å². The van der Waals surface area contributed by atoms with E-state index in [-0.39, 0.29) is 0 Å². The number of piperazine rings is 1. The Morgan fingerprint density at radius 1 is 1.25 bits per heavy atom. The summed E-state index contributed by atoms with van der Waals surface area (Å²) in [6.45, 7) is 5.77. The van der Waals surface area contributed by atoms with Crippen LogP contribution in [0.4, 0.5) is 11.4 Å². The van der Waals surface area contributed by atoms with Crippen LogP contribution in [0.15, 0.2) is 24.3 Å². The van der Waals surface area contributed by atoms with E-state index < -0.39 is 0 Å². The average Bonchev–Trinajstić information content (AvgIpc) is 2.24. The highest BCUT2D eigenvalue weighted by Crippen LogP contribution is 2.22. The number of quaternary nitrogens is 1. The highest BCUT2D eigenvalue weighted by molar-refractivity contribution is 5.53. The quantitative estimate of drug-likeness (QED) is 0.575. The molecule has 0 unspecified atom stereocenters. The summed E-state index contributed by atoms with van der Waals surface area (Å²) in [5, 5.41) is 0. The summed E-state index contributed by atoms with van der Waals surface area (Å²) < 4.78 is 1.12. The van der Waals surface area contributed by atoms with Crippen molar-refractivity contribution in [2.75, 3.05) is 44.4 Å². The van der Waals surface area contributed by atoms with Crippen LogP contribution in [0.3, 0.4) is 0 Å². The molecule has 2 N–H and O–H groups in total. The molecule has 2 rings (SSSR count). The van der Waals surface area contributed by atoms with Gasteiger partial charge >= 0.3 is 0 Å². The van der Waals surface area contributed by atoms with Crippen molar-refractivity contribution in [1.29, 1.82) is 0 Å². The Bertz CT molecular complexity index is 356. The normalized spacial score (nSPS) is 24.4. The zero-order valence-electron chi connectivity index (χ0n) is 10.5. The lowest BCUT2D eigenvalue weighted by atomic mass is 10.1. The fourth-order valence-electron chi connectivity index (χ4n) is 2.15. The third kappa shape index (κ3) is 2.14. The van der Waals surface area contributed by atoms with Crippen molar-refractivity contribution in [3.63, 3.8) is 0 Å². The van der Waals surface area contributed by atoms with Gasteiger partial charge in [-0.25, -0.2) is 0 Å². The van der Waals surface area contributed by atoms with Crippen LogP contribution < -0.4 is 10.6 Å². The lowest BCUT2D eigenvalue weighted by molar-refractivity contribution is -0.913. The van der Waals surface area contributed by atoms with Crippen LogP contribution in [0.2, 0.25) is 0 Å². The van der Waals surface area contributed by atoms with Crippen LogP contribution in [0.25, 0.3) is 0 Å². The molecule has 0 aliphatic carbocycles. The van der Waals surface area contributed by atoms with Gasteiger partial charge in [0.1, 0.15) is 6.04 Å². The van der Waals surface area contributed by atoms with E-state index in [1.54, 1.807) is 0 Å². The Balaban J connectivity index is 2.10. The Labute approximate surface area is 98.0 Å².